The van der Waals surface area contributed by atoms with Gasteiger partial charge in [0.2, 0.25) is 11.4 Å². The van der Waals surface area contributed by atoms with Crippen molar-refractivity contribution >= 4 is 17.8 Å². The van der Waals surface area contributed by atoms with Crippen molar-refractivity contribution < 1.29 is 14.3 Å². The zero-order valence-electron chi connectivity index (χ0n) is 18.0. The molecular weight excluding hydrogens is 406 g/mol. The molecule has 0 saturated carbocycles. The Morgan fingerprint density at radius 2 is 1.91 bits per heavy atom. The number of nitrogens with two attached hydrogens (primary N) is 1. The van der Waals surface area contributed by atoms with Crippen molar-refractivity contribution in [2.75, 3.05) is 20.1 Å². The molecule has 0 aromatic heterocycles. The van der Waals surface area contributed by atoms with Crippen LogP contribution in [0.25, 0.3) is 11.1 Å². The monoisotopic (exact) mass is 429 g/mol. The number of likely N-dealkylation sites (N-methyl/N-ethyl adjacent to an activating group) is 1. The third-order valence-corrected chi connectivity index (χ3v) is 6.92. The van der Waals surface area contributed by atoms with Crippen LogP contribution in [0, 0.1) is 11.3 Å². The fourth-order valence-electron chi connectivity index (χ4n) is 5.14. The van der Waals surface area contributed by atoms with Crippen molar-refractivity contribution in [2.45, 2.75) is 30.9 Å². The molecule has 0 radical (unpaired) electrons. The fraction of sp³-hybridized carbons (Fsp3) is 0.333. The molecule has 0 bridgehead atoms. The van der Waals surface area contributed by atoms with E-state index in [-0.39, 0.29) is 17.8 Å². The quantitative estimate of drug-likeness (QED) is 0.745. The van der Waals surface area contributed by atoms with Gasteiger partial charge in [0.25, 0.3) is 5.91 Å². The number of rotatable bonds is 1. The molecular formula is C24H23N5O3. The molecule has 1 atom stereocenters. The van der Waals surface area contributed by atoms with Crippen molar-refractivity contribution in [3.05, 3.63) is 53.6 Å². The maximum atomic E-state index is 13.7. The molecule has 2 spiro atoms. The standard InChI is InChI=1S/C24H23N5O3/c1-15(30)29-10-8-23(9-11-29)24(21(31)28(2)22(26)27-24)19-13-18(6-7-20(19)32-23)17-5-3-4-16(12-17)14-25/h3-7,12-13H,8-11H2,1-2H3,(H2,26,27). The molecule has 2 amide bonds. The molecule has 1 unspecified atom stereocenters. The number of aliphatic imine (C=N–C) groups is 1. The number of nitriles is 1. The van der Waals surface area contributed by atoms with E-state index in [4.69, 9.17) is 15.5 Å². The van der Waals surface area contributed by atoms with Gasteiger partial charge in [-0.1, -0.05) is 18.2 Å². The fourth-order valence-corrected chi connectivity index (χ4v) is 5.14. The number of carbonyl (C=O) groups excluding carboxylic acids is 2. The summed E-state index contributed by atoms with van der Waals surface area (Å²) in [6, 6.07) is 15.2. The molecule has 162 valence electrons. The van der Waals surface area contributed by atoms with E-state index in [1.165, 1.54) is 4.90 Å². The Labute approximate surface area is 185 Å². The molecule has 32 heavy (non-hydrogen) atoms. The van der Waals surface area contributed by atoms with Crippen LogP contribution in [0.3, 0.4) is 0 Å². The van der Waals surface area contributed by atoms with E-state index < -0.39 is 11.1 Å². The summed E-state index contributed by atoms with van der Waals surface area (Å²) >= 11 is 0. The van der Waals surface area contributed by atoms with Crippen molar-refractivity contribution in [3.8, 4) is 22.9 Å². The minimum atomic E-state index is -1.30. The summed E-state index contributed by atoms with van der Waals surface area (Å²) in [5.74, 6) is 0.522. The highest BCUT2D eigenvalue weighted by Crippen LogP contribution is 2.57. The van der Waals surface area contributed by atoms with Crippen LogP contribution in [0.5, 0.6) is 5.75 Å². The summed E-state index contributed by atoms with van der Waals surface area (Å²) in [6.45, 7) is 2.51. The van der Waals surface area contributed by atoms with Crippen molar-refractivity contribution in [1.82, 2.24) is 9.80 Å². The Morgan fingerprint density at radius 1 is 1.19 bits per heavy atom. The highest BCUT2D eigenvalue weighted by atomic mass is 16.5. The van der Waals surface area contributed by atoms with Crippen LogP contribution in [0.15, 0.2) is 47.5 Å². The molecule has 3 aliphatic heterocycles. The van der Waals surface area contributed by atoms with E-state index in [2.05, 4.69) is 6.07 Å². The second-order valence-electron chi connectivity index (χ2n) is 8.55. The largest absolute Gasteiger partial charge is 0.483 e. The third-order valence-electron chi connectivity index (χ3n) is 6.92. The molecule has 1 saturated heterocycles. The summed E-state index contributed by atoms with van der Waals surface area (Å²) in [5.41, 5.74) is 6.87. The van der Waals surface area contributed by atoms with Gasteiger partial charge in [-0.25, -0.2) is 4.99 Å². The minimum absolute atomic E-state index is 0.00181. The average Bonchev–Trinajstić information content (AvgIpc) is 3.20. The minimum Gasteiger partial charge on any atom is -0.483 e. The lowest BCUT2D eigenvalue weighted by Crippen LogP contribution is -2.60. The predicted octanol–water partition coefficient (Wildman–Crippen LogP) is 1.98. The van der Waals surface area contributed by atoms with Crippen LogP contribution in [0.1, 0.15) is 30.9 Å². The summed E-state index contributed by atoms with van der Waals surface area (Å²) in [4.78, 5) is 33.4. The number of benzene rings is 2. The van der Waals surface area contributed by atoms with Crippen LogP contribution in [-0.2, 0) is 15.1 Å². The van der Waals surface area contributed by atoms with Gasteiger partial charge in [0.15, 0.2) is 11.6 Å². The Hall–Kier alpha value is -3.86. The van der Waals surface area contributed by atoms with Gasteiger partial charge >= 0.3 is 0 Å². The van der Waals surface area contributed by atoms with E-state index in [1.807, 2.05) is 36.4 Å². The van der Waals surface area contributed by atoms with E-state index >= 15 is 0 Å². The molecule has 5 rings (SSSR count). The van der Waals surface area contributed by atoms with Gasteiger partial charge in [-0.2, -0.15) is 5.26 Å². The van der Waals surface area contributed by atoms with Gasteiger partial charge < -0.3 is 15.4 Å². The van der Waals surface area contributed by atoms with Gasteiger partial charge in [0.1, 0.15) is 5.75 Å². The number of fused-ring (bicyclic) bond motifs is 3. The first-order valence-electron chi connectivity index (χ1n) is 10.5. The second kappa shape index (κ2) is 6.82. The first-order chi connectivity index (χ1) is 15.3. The molecule has 0 aliphatic carbocycles. The van der Waals surface area contributed by atoms with Gasteiger partial charge in [-0.15, -0.1) is 0 Å². The van der Waals surface area contributed by atoms with Gasteiger partial charge in [-0.3, -0.25) is 14.5 Å². The molecule has 3 aliphatic rings. The van der Waals surface area contributed by atoms with Crippen molar-refractivity contribution in [1.29, 1.82) is 5.26 Å². The number of nitrogens with zero attached hydrogens (tertiary/aromatic N) is 4. The Kier molecular flexibility index (Phi) is 4.28. The molecule has 8 nitrogen and oxygen atoms in total. The Bertz CT molecular complexity index is 1220. The van der Waals surface area contributed by atoms with Crippen LogP contribution in [0.4, 0.5) is 0 Å². The smallest absolute Gasteiger partial charge is 0.266 e. The summed E-state index contributed by atoms with van der Waals surface area (Å²) in [6.07, 6.45) is 0.938. The van der Waals surface area contributed by atoms with Crippen LogP contribution < -0.4 is 10.5 Å². The zero-order valence-corrected chi connectivity index (χ0v) is 18.0. The number of carbonyl (C=O) groups is 2. The molecule has 8 heteroatoms. The molecule has 2 aromatic rings. The van der Waals surface area contributed by atoms with Crippen molar-refractivity contribution in [3.63, 3.8) is 0 Å². The number of hydrogen-bond donors (Lipinski definition) is 1. The number of piperidine rings is 1. The number of likely N-dealkylation sites (tertiary alicyclic amines) is 1. The molecule has 3 heterocycles. The van der Waals surface area contributed by atoms with Gasteiger partial charge in [0, 0.05) is 45.5 Å². The third kappa shape index (κ3) is 2.57. The second-order valence-corrected chi connectivity index (χ2v) is 8.55. The number of ether oxygens (including phenoxy) is 1. The van der Waals surface area contributed by atoms with E-state index in [0.29, 0.717) is 42.8 Å². The maximum Gasteiger partial charge on any atom is 0.266 e. The molecule has 2 aromatic carbocycles. The Balaban J connectivity index is 1.66. The maximum absolute atomic E-state index is 13.7. The van der Waals surface area contributed by atoms with Crippen molar-refractivity contribution in [2.24, 2.45) is 10.7 Å². The predicted molar refractivity (Wildman–Crippen MR) is 118 cm³/mol. The number of hydrogen-bond acceptors (Lipinski definition) is 6. The summed E-state index contributed by atoms with van der Waals surface area (Å²) in [5, 5.41) is 9.27. The SMILES string of the molecule is CC(=O)N1CCC2(CC1)Oc1ccc(-c3cccc(C#N)c3)cc1C21N=C(N)N(C)C1=O. The highest BCUT2D eigenvalue weighted by molar-refractivity contribution is 6.08. The van der Waals surface area contributed by atoms with Crippen LogP contribution >= 0.6 is 0 Å². The lowest BCUT2D eigenvalue weighted by molar-refractivity contribution is -0.142. The first kappa shape index (κ1) is 20.1. The number of amides is 2. The molecule has 1 fully saturated rings. The average molecular weight is 429 g/mol. The van der Waals surface area contributed by atoms with E-state index in [1.54, 1.807) is 24.9 Å². The summed E-state index contributed by atoms with van der Waals surface area (Å²) < 4.78 is 6.50. The summed E-state index contributed by atoms with van der Waals surface area (Å²) in [7, 11) is 1.62. The zero-order chi connectivity index (χ0) is 22.7. The van der Waals surface area contributed by atoms with Crippen LogP contribution in [0.2, 0.25) is 0 Å². The topological polar surface area (TPSA) is 112 Å². The van der Waals surface area contributed by atoms with Gasteiger partial charge in [0.05, 0.1) is 11.6 Å². The molecule has 2 N–H and O–H groups in total. The lowest BCUT2D eigenvalue weighted by atomic mass is 9.70. The lowest BCUT2D eigenvalue weighted by Gasteiger charge is -2.44. The normalized spacial score (nSPS) is 23.2. The number of guanidine groups is 1. The van der Waals surface area contributed by atoms with Crippen LogP contribution in [-0.4, -0.2) is 53.3 Å². The Morgan fingerprint density at radius 3 is 2.53 bits per heavy atom. The van der Waals surface area contributed by atoms with Gasteiger partial charge in [-0.05, 0) is 35.4 Å². The van der Waals surface area contributed by atoms with E-state index in [0.717, 1.165) is 11.1 Å². The first-order valence-corrected chi connectivity index (χ1v) is 10.5. The van der Waals surface area contributed by atoms with E-state index in [9.17, 15) is 14.9 Å². The highest BCUT2D eigenvalue weighted by Gasteiger charge is 2.69.